The lowest BCUT2D eigenvalue weighted by Gasteiger charge is -2.44. The van der Waals surface area contributed by atoms with E-state index in [2.05, 4.69) is 68.6 Å². The van der Waals surface area contributed by atoms with Gasteiger partial charge in [-0.15, -0.1) is 0 Å². The largest absolute Gasteiger partial charge is 0.378 e. The Labute approximate surface area is 145 Å². The van der Waals surface area contributed by atoms with E-state index in [1.807, 2.05) is 0 Å². The molecule has 1 fully saturated rings. The van der Waals surface area contributed by atoms with E-state index in [-0.39, 0.29) is 6.10 Å². The molecule has 2 heteroatoms. The summed E-state index contributed by atoms with van der Waals surface area (Å²) in [5.41, 5.74) is 6.81. The van der Waals surface area contributed by atoms with Crippen LogP contribution >= 0.6 is 0 Å². The molecule has 0 radical (unpaired) electrons. The van der Waals surface area contributed by atoms with Crippen molar-refractivity contribution >= 4 is 5.69 Å². The van der Waals surface area contributed by atoms with Crippen molar-refractivity contribution in [3.05, 3.63) is 64.7 Å². The van der Waals surface area contributed by atoms with E-state index in [0.717, 1.165) is 13.0 Å². The lowest BCUT2D eigenvalue weighted by molar-refractivity contribution is -0.0381. The van der Waals surface area contributed by atoms with Crippen molar-refractivity contribution in [2.24, 2.45) is 5.92 Å². The van der Waals surface area contributed by atoms with Gasteiger partial charge < -0.3 is 10.1 Å². The van der Waals surface area contributed by atoms with Gasteiger partial charge in [0.25, 0.3) is 0 Å². The number of hydrogen-bond donors (Lipinski definition) is 1. The Balaban J connectivity index is 1.80. The van der Waals surface area contributed by atoms with E-state index in [1.165, 1.54) is 34.4 Å². The first-order chi connectivity index (χ1) is 11.6. The second kappa shape index (κ2) is 6.25. The zero-order valence-electron chi connectivity index (χ0n) is 14.9. The van der Waals surface area contributed by atoms with Gasteiger partial charge in [0.05, 0.1) is 12.1 Å². The highest BCUT2D eigenvalue weighted by molar-refractivity contribution is 5.60. The molecule has 0 aliphatic carbocycles. The van der Waals surface area contributed by atoms with Crippen molar-refractivity contribution in [2.75, 3.05) is 11.9 Å². The van der Waals surface area contributed by atoms with E-state index < -0.39 is 0 Å². The topological polar surface area (TPSA) is 21.3 Å². The Kier molecular flexibility index (Phi) is 4.09. The van der Waals surface area contributed by atoms with Crippen molar-refractivity contribution in [1.82, 2.24) is 0 Å². The fourth-order valence-electron chi connectivity index (χ4n) is 4.46. The van der Waals surface area contributed by atoms with Gasteiger partial charge >= 0.3 is 0 Å². The quantitative estimate of drug-likeness (QED) is 0.760. The molecule has 2 aromatic carbocycles. The molecule has 3 atom stereocenters. The fourth-order valence-corrected chi connectivity index (χ4v) is 4.46. The number of nitrogens with one attached hydrogen (secondary N) is 1. The predicted octanol–water partition coefficient (Wildman–Crippen LogP) is 5.75. The highest BCUT2D eigenvalue weighted by Crippen LogP contribution is 2.49. The van der Waals surface area contributed by atoms with Gasteiger partial charge in [-0.25, -0.2) is 0 Å². The molecular formula is C22H27NO. The lowest BCUT2D eigenvalue weighted by Crippen LogP contribution is -2.36. The molecule has 24 heavy (non-hydrogen) atoms. The summed E-state index contributed by atoms with van der Waals surface area (Å²) in [6, 6.07) is 15.9. The Bertz CT molecular complexity index is 722. The van der Waals surface area contributed by atoms with E-state index in [1.54, 1.807) is 0 Å². The van der Waals surface area contributed by atoms with E-state index in [0.29, 0.717) is 17.9 Å². The van der Waals surface area contributed by atoms with Gasteiger partial charge in [0.15, 0.2) is 0 Å². The summed E-state index contributed by atoms with van der Waals surface area (Å²) in [5.74, 6) is 1.06. The predicted molar refractivity (Wildman–Crippen MR) is 99.5 cm³/mol. The summed E-state index contributed by atoms with van der Waals surface area (Å²) in [6.07, 6.45) is 2.60. The SMILES string of the molecule is Cc1cc2c(cc1C(C)C)C1OCCCC1[C@H](c1ccccc1)N2. The molecule has 4 rings (SSSR count). The van der Waals surface area contributed by atoms with Crippen LogP contribution in [0.4, 0.5) is 5.69 Å². The second-order valence-corrected chi connectivity index (χ2v) is 7.58. The summed E-state index contributed by atoms with van der Waals surface area (Å²) in [5, 5.41) is 3.84. The summed E-state index contributed by atoms with van der Waals surface area (Å²) in [4.78, 5) is 0. The first kappa shape index (κ1) is 15.7. The molecule has 2 unspecified atom stereocenters. The molecule has 0 aromatic heterocycles. The number of rotatable bonds is 2. The normalized spacial score (nSPS) is 25.8. The minimum Gasteiger partial charge on any atom is -0.378 e. The highest BCUT2D eigenvalue weighted by Gasteiger charge is 2.40. The maximum atomic E-state index is 6.29. The smallest absolute Gasteiger partial charge is 0.0895 e. The van der Waals surface area contributed by atoms with Gasteiger partial charge in [-0.1, -0.05) is 50.2 Å². The number of aryl methyl sites for hydroxylation is 1. The van der Waals surface area contributed by atoms with Crippen LogP contribution in [-0.2, 0) is 4.74 Å². The fraction of sp³-hybridized carbons (Fsp3) is 0.455. The van der Waals surface area contributed by atoms with Gasteiger partial charge in [0.1, 0.15) is 0 Å². The second-order valence-electron chi connectivity index (χ2n) is 7.58. The molecule has 1 N–H and O–H groups in total. The maximum Gasteiger partial charge on any atom is 0.0895 e. The summed E-state index contributed by atoms with van der Waals surface area (Å²) < 4.78 is 6.29. The van der Waals surface area contributed by atoms with Crippen molar-refractivity contribution in [2.45, 2.75) is 51.7 Å². The van der Waals surface area contributed by atoms with Crippen LogP contribution in [0.2, 0.25) is 0 Å². The third-order valence-corrected chi connectivity index (χ3v) is 5.63. The third kappa shape index (κ3) is 2.63. The first-order valence-electron chi connectivity index (χ1n) is 9.22. The van der Waals surface area contributed by atoms with Crippen LogP contribution in [-0.4, -0.2) is 6.61 Å². The van der Waals surface area contributed by atoms with E-state index in [9.17, 15) is 0 Å². The molecule has 2 aliphatic heterocycles. The van der Waals surface area contributed by atoms with Crippen molar-refractivity contribution in [3.63, 3.8) is 0 Å². The monoisotopic (exact) mass is 321 g/mol. The Hall–Kier alpha value is -1.80. The molecule has 1 saturated heterocycles. The van der Waals surface area contributed by atoms with Crippen molar-refractivity contribution in [3.8, 4) is 0 Å². The molecule has 2 aromatic rings. The number of anilines is 1. The number of ether oxygens (including phenoxy) is 1. The van der Waals surface area contributed by atoms with Crippen LogP contribution in [0.25, 0.3) is 0 Å². The van der Waals surface area contributed by atoms with Crippen LogP contribution in [0.5, 0.6) is 0 Å². The molecule has 0 bridgehead atoms. The Morgan fingerprint density at radius 3 is 2.67 bits per heavy atom. The first-order valence-corrected chi connectivity index (χ1v) is 9.22. The molecule has 0 amide bonds. The van der Waals surface area contributed by atoms with Gasteiger partial charge in [-0.2, -0.15) is 0 Å². The van der Waals surface area contributed by atoms with Gasteiger partial charge in [-0.3, -0.25) is 0 Å². The molecule has 0 spiro atoms. The summed E-state index contributed by atoms with van der Waals surface area (Å²) >= 11 is 0. The van der Waals surface area contributed by atoms with Crippen LogP contribution < -0.4 is 5.32 Å². The van der Waals surface area contributed by atoms with Gasteiger partial charge in [-0.05, 0) is 48.4 Å². The average molecular weight is 321 g/mol. The van der Waals surface area contributed by atoms with Crippen LogP contribution in [0.15, 0.2) is 42.5 Å². The van der Waals surface area contributed by atoms with Crippen molar-refractivity contribution < 1.29 is 4.74 Å². The minimum atomic E-state index is 0.221. The zero-order chi connectivity index (χ0) is 16.7. The third-order valence-electron chi connectivity index (χ3n) is 5.63. The molecular weight excluding hydrogens is 294 g/mol. The highest BCUT2D eigenvalue weighted by atomic mass is 16.5. The van der Waals surface area contributed by atoms with Crippen LogP contribution in [0.1, 0.15) is 67.0 Å². The molecule has 0 saturated carbocycles. The van der Waals surface area contributed by atoms with E-state index in [4.69, 9.17) is 4.74 Å². The summed E-state index contributed by atoms with van der Waals surface area (Å²) in [6.45, 7) is 7.66. The zero-order valence-corrected chi connectivity index (χ0v) is 14.9. The Morgan fingerprint density at radius 1 is 1.12 bits per heavy atom. The standard InChI is InChI=1S/C22H27NO/c1-14(2)18-13-19-20(12-15(18)3)23-21(16-8-5-4-6-9-16)17-10-7-11-24-22(17)19/h4-6,8-9,12-14,17,21-23H,7,10-11H2,1-3H3/t17?,21-,22?/m0/s1. The van der Waals surface area contributed by atoms with E-state index >= 15 is 0 Å². The number of benzene rings is 2. The summed E-state index contributed by atoms with van der Waals surface area (Å²) in [7, 11) is 0. The lowest BCUT2D eigenvalue weighted by atomic mass is 9.76. The van der Waals surface area contributed by atoms with Crippen LogP contribution in [0.3, 0.4) is 0 Å². The van der Waals surface area contributed by atoms with Gasteiger partial charge in [0, 0.05) is 23.8 Å². The molecule has 2 nitrogen and oxygen atoms in total. The number of hydrogen-bond acceptors (Lipinski definition) is 2. The molecule has 2 heterocycles. The molecule has 2 aliphatic rings. The molecule has 126 valence electrons. The van der Waals surface area contributed by atoms with Crippen LogP contribution in [0, 0.1) is 12.8 Å². The number of fused-ring (bicyclic) bond motifs is 3. The average Bonchev–Trinajstić information content (AvgIpc) is 2.61. The van der Waals surface area contributed by atoms with Crippen molar-refractivity contribution in [1.29, 1.82) is 0 Å². The maximum absolute atomic E-state index is 6.29. The Morgan fingerprint density at radius 2 is 1.92 bits per heavy atom. The minimum absolute atomic E-state index is 0.221. The van der Waals surface area contributed by atoms with Gasteiger partial charge in [0.2, 0.25) is 0 Å².